The molecule has 4 heteroatoms. The van der Waals surface area contributed by atoms with E-state index < -0.39 is 0 Å². The molecule has 2 heterocycles. The van der Waals surface area contributed by atoms with Gasteiger partial charge < -0.3 is 5.32 Å². The molecule has 0 saturated heterocycles. The second-order valence-electron chi connectivity index (χ2n) is 7.13. The number of fused-ring (bicyclic) bond motifs is 3. The molecule has 0 amide bonds. The molecule has 134 valence electrons. The minimum absolute atomic E-state index is 0.752. The molecule has 1 aliphatic carbocycles. The second-order valence-corrected chi connectivity index (χ2v) is 8.21. The fourth-order valence-corrected chi connectivity index (χ4v) is 5.11. The zero-order valence-electron chi connectivity index (χ0n) is 15.3. The van der Waals surface area contributed by atoms with Gasteiger partial charge in [0.05, 0.1) is 5.39 Å². The Bertz CT molecular complexity index is 1120. The molecule has 0 spiro atoms. The molecular formula is C23H21N3S. The van der Waals surface area contributed by atoms with Gasteiger partial charge >= 0.3 is 0 Å². The van der Waals surface area contributed by atoms with Crippen LogP contribution in [-0.4, -0.2) is 9.97 Å². The van der Waals surface area contributed by atoms with Gasteiger partial charge in [-0.1, -0.05) is 48.5 Å². The number of nitrogens with one attached hydrogen (secondary N) is 1. The minimum atomic E-state index is 0.752. The average Bonchev–Trinajstić information content (AvgIpc) is 3.25. The normalized spacial score (nSPS) is 13.1. The molecule has 27 heavy (non-hydrogen) atoms. The lowest BCUT2D eigenvalue weighted by molar-refractivity contribution is 0.916. The molecule has 0 radical (unpaired) electrons. The lowest BCUT2D eigenvalue weighted by atomic mass is 10.1. The van der Waals surface area contributed by atoms with Crippen LogP contribution in [0.5, 0.6) is 0 Å². The zero-order valence-corrected chi connectivity index (χ0v) is 16.1. The predicted octanol–water partition coefficient (Wildman–Crippen LogP) is 5.82. The van der Waals surface area contributed by atoms with Crippen molar-refractivity contribution in [1.82, 2.24) is 9.97 Å². The molecule has 1 aliphatic rings. The quantitative estimate of drug-likeness (QED) is 0.491. The Balaban J connectivity index is 1.63. The van der Waals surface area contributed by atoms with Gasteiger partial charge in [0.1, 0.15) is 16.5 Å². The smallest absolute Gasteiger partial charge is 0.143 e. The van der Waals surface area contributed by atoms with Gasteiger partial charge in [-0.15, -0.1) is 11.3 Å². The van der Waals surface area contributed by atoms with E-state index in [0.717, 1.165) is 35.0 Å². The SMILES string of the molecule is Cc1ccccc1Nc1nc(Cc2ccccc2)nc2sc3c(c12)CCC3. The Morgan fingerprint density at radius 3 is 2.63 bits per heavy atom. The highest BCUT2D eigenvalue weighted by molar-refractivity contribution is 7.19. The highest BCUT2D eigenvalue weighted by Crippen LogP contribution is 2.40. The van der Waals surface area contributed by atoms with Crippen LogP contribution >= 0.6 is 11.3 Å². The molecule has 0 aliphatic heterocycles. The van der Waals surface area contributed by atoms with Crippen molar-refractivity contribution < 1.29 is 0 Å². The summed E-state index contributed by atoms with van der Waals surface area (Å²) in [6.07, 6.45) is 4.31. The molecule has 4 aromatic rings. The van der Waals surface area contributed by atoms with Gasteiger partial charge in [0.15, 0.2) is 0 Å². The van der Waals surface area contributed by atoms with Crippen molar-refractivity contribution in [2.75, 3.05) is 5.32 Å². The van der Waals surface area contributed by atoms with E-state index in [-0.39, 0.29) is 0 Å². The van der Waals surface area contributed by atoms with Crippen molar-refractivity contribution in [2.24, 2.45) is 0 Å². The van der Waals surface area contributed by atoms with Gasteiger partial charge in [-0.05, 0) is 48.9 Å². The first-order valence-corrected chi connectivity index (χ1v) is 10.3. The number of thiophene rings is 1. The van der Waals surface area contributed by atoms with E-state index in [9.17, 15) is 0 Å². The molecule has 0 unspecified atom stereocenters. The van der Waals surface area contributed by atoms with Gasteiger partial charge in [0, 0.05) is 17.0 Å². The number of aryl methyl sites for hydroxylation is 3. The molecule has 0 bridgehead atoms. The highest BCUT2D eigenvalue weighted by Gasteiger charge is 2.22. The predicted molar refractivity (Wildman–Crippen MR) is 113 cm³/mol. The third kappa shape index (κ3) is 3.10. The van der Waals surface area contributed by atoms with Crippen LogP contribution in [0.15, 0.2) is 54.6 Å². The first kappa shape index (κ1) is 16.5. The Hall–Kier alpha value is -2.72. The maximum atomic E-state index is 4.97. The highest BCUT2D eigenvalue weighted by atomic mass is 32.1. The van der Waals surface area contributed by atoms with Crippen LogP contribution in [0, 0.1) is 6.92 Å². The summed E-state index contributed by atoms with van der Waals surface area (Å²) >= 11 is 1.85. The Labute approximate surface area is 163 Å². The van der Waals surface area contributed by atoms with Crippen molar-refractivity contribution in [3.05, 3.63) is 82.0 Å². The van der Waals surface area contributed by atoms with Crippen LogP contribution in [-0.2, 0) is 19.3 Å². The summed E-state index contributed by atoms with van der Waals surface area (Å²) in [5.74, 6) is 1.84. The van der Waals surface area contributed by atoms with Crippen LogP contribution < -0.4 is 5.32 Å². The lowest BCUT2D eigenvalue weighted by Gasteiger charge is -2.12. The molecule has 5 rings (SSSR count). The van der Waals surface area contributed by atoms with E-state index in [0.29, 0.717) is 0 Å². The van der Waals surface area contributed by atoms with Gasteiger partial charge in [0.2, 0.25) is 0 Å². The number of para-hydroxylation sites is 1. The third-order valence-corrected chi connectivity index (χ3v) is 6.40. The van der Waals surface area contributed by atoms with Crippen molar-refractivity contribution >= 4 is 33.1 Å². The topological polar surface area (TPSA) is 37.8 Å². The third-order valence-electron chi connectivity index (χ3n) is 5.21. The maximum absolute atomic E-state index is 4.97. The molecular weight excluding hydrogens is 350 g/mol. The van der Waals surface area contributed by atoms with E-state index in [1.807, 2.05) is 17.4 Å². The fourth-order valence-electron chi connectivity index (χ4n) is 3.83. The first-order chi connectivity index (χ1) is 13.3. The van der Waals surface area contributed by atoms with Crippen LogP contribution in [0.1, 0.15) is 33.8 Å². The van der Waals surface area contributed by atoms with E-state index in [1.165, 1.54) is 39.8 Å². The lowest BCUT2D eigenvalue weighted by Crippen LogP contribution is -2.03. The molecule has 3 nitrogen and oxygen atoms in total. The fraction of sp³-hybridized carbons (Fsp3) is 0.217. The molecule has 2 aromatic heterocycles. The Morgan fingerprint density at radius 2 is 1.78 bits per heavy atom. The number of aromatic nitrogens is 2. The number of hydrogen-bond acceptors (Lipinski definition) is 4. The number of rotatable bonds is 4. The molecule has 0 fully saturated rings. The van der Waals surface area contributed by atoms with E-state index in [2.05, 4.69) is 60.8 Å². The molecule has 1 N–H and O–H groups in total. The first-order valence-electron chi connectivity index (χ1n) is 9.45. The monoisotopic (exact) mass is 371 g/mol. The minimum Gasteiger partial charge on any atom is -0.339 e. The molecule has 0 atom stereocenters. The number of nitrogens with zero attached hydrogens (tertiary/aromatic N) is 2. The van der Waals surface area contributed by atoms with Crippen LogP contribution in [0.3, 0.4) is 0 Å². The number of anilines is 2. The summed E-state index contributed by atoms with van der Waals surface area (Å²) in [5.41, 5.74) is 5.03. The van der Waals surface area contributed by atoms with Crippen molar-refractivity contribution in [3.8, 4) is 0 Å². The zero-order chi connectivity index (χ0) is 18.2. The van der Waals surface area contributed by atoms with Crippen molar-refractivity contribution in [1.29, 1.82) is 0 Å². The van der Waals surface area contributed by atoms with Gasteiger partial charge in [-0.2, -0.15) is 0 Å². The Kier molecular flexibility index (Phi) is 4.13. The van der Waals surface area contributed by atoms with E-state index in [1.54, 1.807) is 0 Å². The average molecular weight is 372 g/mol. The van der Waals surface area contributed by atoms with E-state index >= 15 is 0 Å². The summed E-state index contributed by atoms with van der Waals surface area (Å²) in [6.45, 7) is 2.13. The number of hydrogen-bond donors (Lipinski definition) is 1. The summed E-state index contributed by atoms with van der Waals surface area (Å²) in [7, 11) is 0. The van der Waals surface area contributed by atoms with E-state index in [4.69, 9.17) is 9.97 Å². The van der Waals surface area contributed by atoms with Crippen molar-refractivity contribution in [3.63, 3.8) is 0 Å². The van der Waals surface area contributed by atoms with Gasteiger partial charge in [-0.3, -0.25) is 0 Å². The van der Waals surface area contributed by atoms with Crippen LogP contribution in [0.2, 0.25) is 0 Å². The van der Waals surface area contributed by atoms with Crippen LogP contribution in [0.4, 0.5) is 11.5 Å². The Morgan fingerprint density at radius 1 is 0.963 bits per heavy atom. The van der Waals surface area contributed by atoms with Gasteiger partial charge in [0.25, 0.3) is 0 Å². The summed E-state index contributed by atoms with van der Waals surface area (Å²) in [6, 6.07) is 18.8. The van der Waals surface area contributed by atoms with Crippen LogP contribution in [0.25, 0.3) is 10.2 Å². The molecule has 0 saturated carbocycles. The van der Waals surface area contributed by atoms with Gasteiger partial charge in [-0.25, -0.2) is 9.97 Å². The maximum Gasteiger partial charge on any atom is 0.143 e. The largest absolute Gasteiger partial charge is 0.339 e. The number of benzene rings is 2. The summed E-state index contributed by atoms with van der Waals surface area (Å²) in [5, 5.41) is 4.84. The summed E-state index contributed by atoms with van der Waals surface area (Å²) in [4.78, 5) is 12.5. The van der Waals surface area contributed by atoms with Crippen molar-refractivity contribution in [2.45, 2.75) is 32.6 Å². The second kappa shape index (κ2) is 6.78. The summed E-state index contributed by atoms with van der Waals surface area (Å²) < 4.78 is 0. The molecule has 2 aromatic carbocycles. The standard InChI is InChI=1S/C23H21N3S/c1-15-8-5-6-12-18(15)24-22-21-17-11-7-13-19(17)27-23(21)26-20(25-22)14-16-9-3-2-4-10-16/h2-6,8-10,12H,7,11,13-14H2,1H3,(H,24,25,26).